The third-order valence-corrected chi connectivity index (χ3v) is 9.42. The highest BCUT2D eigenvalue weighted by Gasteiger charge is 2.21. The van der Waals surface area contributed by atoms with Crippen LogP contribution >= 0.6 is 0 Å². The molecule has 0 aliphatic rings. The number of hydrogen-bond donors (Lipinski definition) is 0. The Labute approximate surface area is 277 Å². The second kappa shape index (κ2) is 10.9. The van der Waals surface area contributed by atoms with Gasteiger partial charge in [-0.25, -0.2) is 0 Å². The van der Waals surface area contributed by atoms with E-state index < -0.39 is 0 Å². The summed E-state index contributed by atoms with van der Waals surface area (Å²) >= 11 is 0. The van der Waals surface area contributed by atoms with E-state index in [0.29, 0.717) is 11.1 Å². The molecule has 0 aliphatic heterocycles. The predicted octanol–water partition coefficient (Wildman–Crippen LogP) is 11.0. The predicted molar refractivity (Wildman–Crippen MR) is 195 cm³/mol. The molecule has 0 aliphatic carbocycles. The first kappa shape index (κ1) is 27.4. The van der Waals surface area contributed by atoms with Crippen LogP contribution in [0.3, 0.4) is 0 Å². The molecule has 0 N–H and O–H groups in total. The summed E-state index contributed by atoms with van der Waals surface area (Å²) < 4.78 is 4.48. The van der Waals surface area contributed by atoms with Gasteiger partial charge in [0.25, 0.3) is 0 Å². The minimum Gasteiger partial charge on any atom is -0.309 e. The summed E-state index contributed by atoms with van der Waals surface area (Å²) in [5.41, 5.74) is 11.4. The summed E-state index contributed by atoms with van der Waals surface area (Å²) in [6.07, 6.45) is 0. The summed E-state index contributed by atoms with van der Waals surface area (Å²) in [6.45, 7) is 0. The van der Waals surface area contributed by atoms with Crippen molar-refractivity contribution in [1.82, 2.24) is 9.13 Å². The Bertz CT molecular complexity index is 2750. The number of fused-ring (bicyclic) bond motifs is 6. The van der Waals surface area contributed by atoms with E-state index in [1.165, 1.54) is 21.8 Å². The van der Waals surface area contributed by atoms with Gasteiger partial charge in [-0.3, -0.25) is 0 Å². The Hall–Kier alpha value is -6.88. The van der Waals surface area contributed by atoms with Crippen LogP contribution in [0.25, 0.3) is 77.2 Å². The fourth-order valence-electron chi connectivity index (χ4n) is 7.33. The van der Waals surface area contributed by atoms with Gasteiger partial charge in [-0.1, -0.05) is 109 Å². The molecule has 48 heavy (non-hydrogen) atoms. The van der Waals surface area contributed by atoms with Gasteiger partial charge in [-0.05, 0) is 65.2 Å². The average Bonchev–Trinajstić information content (AvgIpc) is 3.67. The van der Waals surface area contributed by atoms with Crippen LogP contribution < -0.4 is 0 Å². The molecule has 222 valence electrons. The molecule has 0 saturated heterocycles. The van der Waals surface area contributed by atoms with E-state index in [9.17, 15) is 10.5 Å². The van der Waals surface area contributed by atoms with Gasteiger partial charge in [0.05, 0.1) is 45.0 Å². The number of para-hydroxylation sites is 4. The summed E-state index contributed by atoms with van der Waals surface area (Å²) in [5.74, 6) is 0. The fraction of sp³-hybridized carbons (Fsp3) is 0. The largest absolute Gasteiger partial charge is 0.309 e. The number of nitriles is 2. The van der Waals surface area contributed by atoms with E-state index >= 15 is 0 Å². The van der Waals surface area contributed by atoms with Gasteiger partial charge in [0, 0.05) is 32.8 Å². The number of hydrogen-bond acceptors (Lipinski definition) is 2. The van der Waals surface area contributed by atoms with Crippen molar-refractivity contribution >= 4 is 43.6 Å². The molecular weight excluding hydrogens is 585 g/mol. The van der Waals surface area contributed by atoms with Crippen molar-refractivity contribution in [3.05, 3.63) is 169 Å². The summed E-state index contributed by atoms with van der Waals surface area (Å²) in [4.78, 5) is 0. The fourth-order valence-corrected chi connectivity index (χ4v) is 7.33. The molecule has 0 radical (unpaired) electrons. The molecule has 9 rings (SSSR count). The lowest BCUT2D eigenvalue weighted by Gasteiger charge is -2.18. The zero-order chi connectivity index (χ0) is 32.2. The molecular formula is C44H26N4. The van der Waals surface area contributed by atoms with Crippen LogP contribution in [0, 0.1) is 22.7 Å². The first-order valence-corrected chi connectivity index (χ1v) is 15.9. The van der Waals surface area contributed by atoms with E-state index in [1.807, 2.05) is 48.5 Å². The average molecular weight is 611 g/mol. The Morgan fingerprint density at radius 3 is 1.56 bits per heavy atom. The van der Waals surface area contributed by atoms with Crippen molar-refractivity contribution in [2.75, 3.05) is 0 Å². The molecule has 9 aromatic rings. The monoisotopic (exact) mass is 610 g/mol. The minimum atomic E-state index is 0.564. The van der Waals surface area contributed by atoms with Crippen molar-refractivity contribution < 1.29 is 0 Å². The van der Waals surface area contributed by atoms with E-state index in [1.54, 1.807) is 0 Å². The molecule has 0 spiro atoms. The molecule has 0 bridgehead atoms. The molecule has 0 fully saturated rings. The molecule has 0 atom stereocenters. The number of benzene rings is 7. The van der Waals surface area contributed by atoms with E-state index in [4.69, 9.17) is 0 Å². The summed E-state index contributed by atoms with van der Waals surface area (Å²) in [5, 5.41) is 24.9. The maximum Gasteiger partial charge on any atom is 0.101 e. The van der Waals surface area contributed by atoms with Crippen LogP contribution in [0.1, 0.15) is 11.1 Å². The van der Waals surface area contributed by atoms with E-state index in [0.717, 1.165) is 55.4 Å². The molecule has 2 aromatic heterocycles. The number of nitrogens with zero attached hydrogens (tertiary/aromatic N) is 4. The van der Waals surface area contributed by atoms with Gasteiger partial charge >= 0.3 is 0 Å². The molecule has 2 heterocycles. The lowest BCUT2D eigenvalue weighted by Crippen LogP contribution is -2.01. The van der Waals surface area contributed by atoms with Gasteiger partial charge < -0.3 is 9.13 Å². The highest BCUT2D eigenvalue weighted by Crippen LogP contribution is 2.41. The molecule has 4 heteroatoms. The second-order valence-corrected chi connectivity index (χ2v) is 12.0. The quantitative estimate of drug-likeness (QED) is 0.199. The van der Waals surface area contributed by atoms with Crippen molar-refractivity contribution in [3.63, 3.8) is 0 Å². The van der Waals surface area contributed by atoms with Crippen molar-refractivity contribution in [1.29, 1.82) is 10.5 Å². The van der Waals surface area contributed by atoms with Gasteiger partial charge in [-0.2, -0.15) is 10.5 Å². The summed E-state index contributed by atoms with van der Waals surface area (Å²) in [7, 11) is 0. The number of aromatic nitrogens is 2. The third kappa shape index (κ3) is 4.07. The van der Waals surface area contributed by atoms with Crippen molar-refractivity contribution in [3.8, 4) is 45.8 Å². The lowest BCUT2D eigenvalue weighted by molar-refractivity contribution is 1.17. The normalized spacial score (nSPS) is 11.3. The summed E-state index contributed by atoms with van der Waals surface area (Å²) in [6, 6.07) is 58.9. The Morgan fingerprint density at radius 2 is 0.938 bits per heavy atom. The number of rotatable bonds is 4. The third-order valence-electron chi connectivity index (χ3n) is 9.42. The van der Waals surface area contributed by atoms with Gasteiger partial charge in [0.15, 0.2) is 0 Å². The van der Waals surface area contributed by atoms with Crippen molar-refractivity contribution in [2.45, 2.75) is 0 Å². The molecule has 7 aromatic carbocycles. The molecule has 4 nitrogen and oxygen atoms in total. The SMILES string of the molecule is N#Cc1ccc2c3ccccc3n(-c3c(C#N)cccc3-c3ccccc3-c3ccc(-n4c5ccccc5c5ccccc54)cc3)c2c1. The standard InChI is InChI=1S/C44H26N4/c45-27-29-20-25-38-37-15-5-8-19-42(37)48(43(38)26-29)44-31(28-46)10-9-16-39(44)34-12-2-1-11-33(34)30-21-23-32(24-22-30)47-40-17-6-3-13-35(40)36-14-4-7-18-41(36)47/h1-26H. The second-order valence-electron chi connectivity index (χ2n) is 12.0. The highest BCUT2D eigenvalue weighted by atomic mass is 15.0. The van der Waals surface area contributed by atoms with Crippen molar-refractivity contribution in [2.24, 2.45) is 0 Å². The van der Waals surface area contributed by atoms with Gasteiger partial charge in [0.2, 0.25) is 0 Å². The van der Waals surface area contributed by atoms with Gasteiger partial charge in [-0.15, -0.1) is 0 Å². The Morgan fingerprint density at radius 1 is 0.396 bits per heavy atom. The van der Waals surface area contributed by atoms with Crippen LogP contribution in [-0.2, 0) is 0 Å². The van der Waals surface area contributed by atoms with Crippen LogP contribution in [0.2, 0.25) is 0 Å². The van der Waals surface area contributed by atoms with Gasteiger partial charge in [0.1, 0.15) is 6.07 Å². The van der Waals surface area contributed by atoms with Crippen LogP contribution in [-0.4, -0.2) is 9.13 Å². The first-order chi connectivity index (χ1) is 23.7. The lowest BCUT2D eigenvalue weighted by atomic mass is 9.92. The topological polar surface area (TPSA) is 57.4 Å². The zero-order valence-electron chi connectivity index (χ0n) is 25.8. The van der Waals surface area contributed by atoms with Crippen LogP contribution in [0.15, 0.2) is 158 Å². The first-order valence-electron chi connectivity index (χ1n) is 15.9. The minimum absolute atomic E-state index is 0.564. The smallest absolute Gasteiger partial charge is 0.101 e. The maximum absolute atomic E-state index is 10.5. The molecule has 0 unspecified atom stereocenters. The van der Waals surface area contributed by atoms with Crippen LogP contribution in [0.4, 0.5) is 0 Å². The van der Waals surface area contributed by atoms with E-state index in [-0.39, 0.29) is 0 Å². The maximum atomic E-state index is 10.5. The molecule has 0 saturated carbocycles. The zero-order valence-corrected chi connectivity index (χ0v) is 25.8. The highest BCUT2D eigenvalue weighted by molar-refractivity contribution is 6.11. The van der Waals surface area contributed by atoms with E-state index in [2.05, 4.69) is 130 Å². The van der Waals surface area contributed by atoms with Crippen LogP contribution in [0.5, 0.6) is 0 Å². The Balaban J connectivity index is 1.25. The Kier molecular flexibility index (Phi) is 6.22. The molecule has 0 amide bonds.